The van der Waals surface area contributed by atoms with Gasteiger partial charge in [0.15, 0.2) is 0 Å². The maximum atomic E-state index is 13.0. The van der Waals surface area contributed by atoms with Crippen LogP contribution >= 0.6 is 0 Å². The van der Waals surface area contributed by atoms with Crippen molar-refractivity contribution >= 4 is 15.7 Å². The second-order valence-corrected chi connectivity index (χ2v) is 6.86. The first-order chi connectivity index (χ1) is 8.82. The third-order valence-corrected chi connectivity index (χ3v) is 5.39. The SMILES string of the molecule is CN(C)C1CCN(S(=O)(=O)c2ccc(F)cc2N)C1. The zero-order valence-corrected chi connectivity index (χ0v) is 11.8. The van der Waals surface area contributed by atoms with Gasteiger partial charge in [-0.1, -0.05) is 0 Å². The number of nitrogens with two attached hydrogens (primary N) is 1. The van der Waals surface area contributed by atoms with Gasteiger partial charge in [0, 0.05) is 19.1 Å². The summed E-state index contributed by atoms with van der Waals surface area (Å²) in [6, 6.07) is 3.58. The standard InChI is InChI=1S/C12H18FN3O2S/c1-15(2)10-5-6-16(8-10)19(17,18)12-4-3-9(13)7-11(12)14/h3-4,7,10H,5-6,8,14H2,1-2H3. The highest BCUT2D eigenvalue weighted by atomic mass is 32.2. The summed E-state index contributed by atoms with van der Waals surface area (Å²) in [5.41, 5.74) is 5.57. The zero-order chi connectivity index (χ0) is 14.2. The predicted octanol–water partition coefficient (Wildman–Crippen LogP) is 0.733. The van der Waals surface area contributed by atoms with Crippen LogP contribution in [0.3, 0.4) is 0 Å². The lowest BCUT2D eigenvalue weighted by atomic mass is 10.2. The molecule has 7 heteroatoms. The Labute approximate surface area is 112 Å². The molecule has 5 nitrogen and oxygen atoms in total. The van der Waals surface area contributed by atoms with Gasteiger partial charge in [0.25, 0.3) is 0 Å². The van der Waals surface area contributed by atoms with Crippen molar-refractivity contribution in [1.29, 1.82) is 0 Å². The van der Waals surface area contributed by atoms with Gasteiger partial charge in [0.2, 0.25) is 10.0 Å². The molecule has 2 N–H and O–H groups in total. The Kier molecular flexibility index (Phi) is 3.80. The molecule has 1 fully saturated rings. The normalized spacial score (nSPS) is 21.2. The van der Waals surface area contributed by atoms with E-state index in [9.17, 15) is 12.8 Å². The van der Waals surface area contributed by atoms with Gasteiger partial charge in [-0.15, -0.1) is 0 Å². The van der Waals surface area contributed by atoms with Crippen LogP contribution < -0.4 is 5.73 Å². The average molecular weight is 287 g/mol. The first kappa shape index (κ1) is 14.2. The number of halogens is 1. The molecule has 0 amide bonds. The maximum Gasteiger partial charge on any atom is 0.245 e. The highest BCUT2D eigenvalue weighted by molar-refractivity contribution is 7.89. The van der Waals surface area contributed by atoms with Crippen LogP contribution in [0.4, 0.5) is 10.1 Å². The van der Waals surface area contributed by atoms with Crippen LogP contribution in [0.25, 0.3) is 0 Å². The predicted molar refractivity (Wildman–Crippen MR) is 71.7 cm³/mol. The molecule has 1 aliphatic rings. The molecule has 1 aromatic carbocycles. The monoisotopic (exact) mass is 287 g/mol. The van der Waals surface area contributed by atoms with E-state index in [2.05, 4.69) is 0 Å². The van der Waals surface area contributed by atoms with E-state index in [0.717, 1.165) is 18.6 Å². The van der Waals surface area contributed by atoms with Crippen molar-refractivity contribution in [2.45, 2.75) is 17.4 Å². The van der Waals surface area contributed by atoms with Crippen LogP contribution in [0.5, 0.6) is 0 Å². The minimum Gasteiger partial charge on any atom is -0.398 e. The second-order valence-electron chi connectivity index (χ2n) is 4.95. The largest absolute Gasteiger partial charge is 0.398 e. The molecule has 1 heterocycles. The lowest BCUT2D eigenvalue weighted by Gasteiger charge is -2.20. The van der Waals surface area contributed by atoms with Crippen molar-refractivity contribution < 1.29 is 12.8 Å². The molecular formula is C12H18FN3O2S. The van der Waals surface area contributed by atoms with E-state index in [1.54, 1.807) is 0 Å². The van der Waals surface area contributed by atoms with Crippen molar-refractivity contribution in [2.75, 3.05) is 32.9 Å². The van der Waals surface area contributed by atoms with Crippen molar-refractivity contribution in [3.05, 3.63) is 24.0 Å². The number of likely N-dealkylation sites (N-methyl/N-ethyl adjacent to an activating group) is 1. The third-order valence-electron chi connectivity index (χ3n) is 3.45. The summed E-state index contributed by atoms with van der Waals surface area (Å²) in [7, 11) is 0.210. The fourth-order valence-electron chi connectivity index (χ4n) is 2.24. The molecular weight excluding hydrogens is 269 g/mol. The van der Waals surface area contributed by atoms with Crippen molar-refractivity contribution in [1.82, 2.24) is 9.21 Å². The zero-order valence-electron chi connectivity index (χ0n) is 11.0. The molecule has 0 aromatic heterocycles. The molecule has 1 aliphatic heterocycles. The van der Waals surface area contributed by atoms with Crippen molar-refractivity contribution in [2.24, 2.45) is 0 Å². The number of anilines is 1. The fourth-order valence-corrected chi connectivity index (χ4v) is 3.83. The Morgan fingerprint density at radius 3 is 2.63 bits per heavy atom. The van der Waals surface area contributed by atoms with Crippen LogP contribution in [0.15, 0.2) is 23.1 Å². The number of sulfonamides is 1. The summed E-state index contributed by atoms with van der Waals surface area (Å²) in [6.45, 7) is 0.897. The molecule has 0 saturated carbocycles. The van der Waals surface area contributed by atoms with E-state index in [-0.39, 0.29) is 16.6 Å². The molecule has 2 rings (SSSR count). The van der Waals surface area contributed by atoms with E-state index < -0.39 is 15.8 Å². The minimum absolute atomic E-state index is 0.0201. The lowest BCUT2D eigenvalue weighted by molar-refractivity contribution is 0.302. The van der Waals surface area contributed by atoms with Crippen LogP contribution in [0, 0.1) is 5.82 Å². The lowest BCUT2D eigenvalue weighted by Crippen LogP contribution is -2.34. The smallest absolute Gasteiger partial charge is 0.245 e. The molecule has 0 aliphatic carbocycles. The van der Waals surface area contributed by atoms with Crippen LogP contribution in [0.1, 0.15) is 6.42 Å². The molecule has 0 radical (unpaired) electrons. The molecule has 0 bridgehead atoms. The van der Waals surface area contributed by atoms with E-state index in [0.29, 0.717) is 13.1 Å². The molecule has 19 heavy (non-hydrogen) atoms. The first-order valence-electron chi connectivity index (χ1n) is 6.04. The number of rotatable bonds is 3. The van der Waals surface area contributed by atoms with Gasteiger partial charge in [0.05, 0.1) is 5.69 Å². The van der Waals surface area contributed by atoms with Crippen molar-refractivity contribution in [3.63, 3.8) is 0 Å². The van der Waals surface area contributed by atoms with E-state index >= 15 is 0 Å². The number of benzene rings is 1. The summed E-state index contributed by atoms with van der Waals surface area (Å²) in [5, 5.41) is 0. The van der Waals surface area contributed by atoms with Crippen LogP contribution in [-0.4, -0.2) is 50.8 Å². The van der Waals surface area contributed by atoms with Gasteiger partial charge in [-0.3, -0.25) is 0 Å². The quantitative estimate of drug-likeness (QED) is 0.832. The van der Waals surface area contributed by atoms with E-state index in [1.165, 1.54) is 10.4 Å². The summed E-state index contributed by atoms with van der Waals surface area (Å²) >= 11 is 0. The third kappa shape index (κ3) is 2.72. The number of hydrogen-bond acceptors (Lipinski definition) is 4. The summed E-state index contributed by atoms with van der Waals surface area (Å²) < 4.78 is 39.3. The summed E-state index contributed by atoms with van der Waals surface area (Å²) in [6.07, 6.45) is 0.785. The van der Waals surface area contributed by atoms with E-state index in [4.69, 9.17) is 5.73 Å². The molecule has 1 atom stereocenters. The Morgan fingerprint density at radius 2 is 2.11 bits per heavy atom. The Morgan fingerprint density at radius 1 is 1.42 bits per heavy atom. The van der Waals surface area contributed by atoms with Gasteiger partial charge in [-0.05, 0) is 38.7 Å². The van der Waals surface area contributed by atoms with Crippen molar-refractivity contribution in [3.8, 4) is 0 Å². The van der Waals surface area contributed by atoms with Gasteiger partial charge in [-0.2, -0.15) is 4.31 Å². The molecule has 106 valence electrons. The highest BCUT2D eigenvalue weighted by Crippen LogP contribution is 2.26. The Hall–Kier alpha value is -1.18. The molecule has 1 aromatic rings. The topological polar surface area (TPSA) is 66.6 Å². The van der Waals surface area contributed by atoms with Crippen LogP contribution in [0.2, 0.25) is 0 Å². The van der Waals surface area contributed by atoms with E-state index in [1.807, 2.05) is 19.0 Å². The molecule has 1 saturated heterocycles. The summed E-state index contributed by atoms with van der Waals surface area (Å²) in [5.74, 6) is -0.538. The van der Waals surface area contributed by atoms with Gasteiger partial charge < -0.3 is 10.6 Å². The van der Waals surface area contributed by atoms with Gasteiger partial charge in [-0.25, -0.2) is 12.8 Å². The number of nitrogens with zero attached hydrogens (tertiary/aromatic N) is 2. The average Bonchev–Trinajstić information content (AvgIpc) is 2.78. The fraction of sp³-hybridized carbons (Fsp3) is 0.500. The van der Waals surface area contributed by atoms with Crippen LogP contribution in [-0.2, 0) is 10.0 Å². The Balaban J connectivity index is 2.29. The first-order valence-corrected chi connectivity index (χ1v) is 7.48. The summed E-state index contributed by atoms with van der Waals surface area (Å²) in [4.78, 5) is 1.98. The van der Waals surface area contributed by atoms with Gasteiger partial charge in [0.1, 0.15) is 10.7 Å². The minimum atomic E-state index is -3.64. The Bertz CT molecular complexity index is 574. The molecule has 0 spiro atoms. The second kappa shape index (κ2) is 5.07. The molecule has 1 unspecified atom stereocenters. The maximum absolute atomic E-state index is 13.0. The van der Waals surface area contributed by atoms with Gasteiger partial charge >= 0.3 is 0 Å². The number of nitrogen functional groups attached to an aromatic ring is 1. The number of hydrogen-bond donors (Lipinski definition) is 1. The highest BCUT2D eigenvalue weighted by Gasteiger charge is 2.34.